The minimum Gasteiger partial charge on any atom is -0.351 e. The zero-order chi connectivity index (χ0) is 23.3. The number of ketones is 1. The fraction of sp³-hybridized carbons (Fsp3) is 0.138. The number of nitriles is 2. The summed E-state index contributed by atoms with van der Waals surface area (Å²) in [4.78, 5) is 16.1. The molecule has 2 aliphatic heterocycles. The van der Waals surface area contributed by atoms with Crippen LogP contribution < -0.4 is 4.90 Å². The van der Waals surface area contributed by atoms with Crippen molar-refractivity contribution in [1.82, 2.24) is 0 Å². The molecule has 162 valence electrons. The van der Waals surface area contributed by atoms with Crippen LogP contribution in [0.4, 0.5) is 5.69 Å². The highest BCUT2D eigenvalue weighted by Crippen LogP contribution is 2.55. The largest absolute Gasteiger partial charge is 0.351 e. The summed E-state index contributed by atoms with van der Waals surface area (Å²) in [6.07, 6.45) is 3.92. The lowest BCUT2D eigenvalue weighted by Gasteiger charge is -2.35. The van der Waals surface area contributed by atoms with E-state index in [1.165, 1.54) is 11.3 Å². The molecule has 2 aliphatic rings. The molecule has 1 saturated heterocycles. The van der Waals surface area contributed by atoms with Crippen molar-refractivity contribution in [3.8, 4) is 12.1 Å². The Balaban J connectivity index is 1.65. The molecular weight excluding hydrogens is 438 g/mol. The van der Waals surface area contributed by atoms with E-state index in [-0.39, 0.29) is 5.78 Å². The van der Waals surface area contributed by atoms with E-state index in [9.17, 15) is 15.3 Å². The average Bonchev–Trinajstić information content (AvgIpc) is 3.53. The second kappa shape index (κ2) is 7.70. The van der Waals surface area contributed by atoms with Gasteiger partial charge in [-0.15, -0.1) is 0 Å². The van der Waals surface area contributed by atoms with Gasteiger partial charge in [-0.05, 0) is 45.5 Å². The fourth-order valence-corrected chi connectivity index (χ4v) is 6.23. The van der Waals surface area contributed by atoms with Crippen LogP contribution in [0.5, 0.6) is 0 Å². The van der Waals surface area contributed by atoms with Gasteiger partial charge in [-0.3, -0.25) is 4.79 Å². The van der Waals surface area contributed by atoms with Crippen molar-refractivity contribution in [2.75, 3.05) is 4.90 Å². The first-order chi connectivity index (χ1) is 16.7. The molecule has 0 aliphatic carbocycles. The molecule has 0 saturated carbocycles. The zero-order valence-corrected chi connectivity index (χ0v) is 18.9. The molecule has 0 N–H and O–H groups in total. The van der Waals surface area contributed by atoms with Gasteiger partial charge in [0.05, 0.1) is 18.2 Å². The van der Waals surface area contributed by atoms with Gasteiger partial charge in [0.2, 0.25) is 0 Å². The summed E-state index contributed by atoms with van der Waals surface area (Å²) < 4.78 is 0. The standard InChI is InChI=1S/C29H19N3OS/c30-17-29(18-31)25-11-10-22-14-20-8-4-5-9-21(20)15-24(22)32(25)27(28(33)23-12-13-34-16-23)26(29)19-6-2-1-3-7-19/h1-16,25-27H/t25-,26-,27+/m1/s1. The molecule has 1 aromatic heterocycles. The zero-order valence-electron chi connectivity index (χ0n) is 18.1. The van der Waals surface area contributed by atoms with Crippen molar-refractivity contribution >= 4 is 39.7 Å². The predicted molar refractivity (Wildman–Crippen MR) is 135 cm³/mol. The van der Waals surface area contributed by atoms with Crippen molar-refractivity contribution in [1.29, 1.82) is 10.5 Å². The van der Waals surface area contributed by atoms with Crippen molar-refractivity contribution < 1.29 is 4.79 Å². The van der Waals surface area contributed by atoms with Crippen LogP contribution >= 0.6 is 11.3 Å². The SMILES string of the molecule is N#CC1(C#N)[C@H](c2ccccc2)[C@@H](C(=O)c2ccsc2)N2c3cc4ccccc4cc3C=C[C@@H]21. The van der Waals surface area contributed by atoms with E-state index in [2.05, 4.69) is 30.3 Å². The third-order valence-corrected chi connectivity index (χ3v) is 7.79. The van der Waals surface area contributed by atoms with Crippen LogP contribution in [0.1, 0.15) is 27.4 Å². The first kappa shape index (κ1) is 20.4. The number of benzene rings is 3. The van der Waals surface area contributed by atoms with E-state index in [4.69, 9.17) is 0 Å². The van der Waals surface area contributed by atoms with Crippen LogP contribution in [0, 0.1) is 28.1 Å². The predicted octanol–water partition coefficient (Wildman–Crippen LogP) is 6.19. The van der Waals surface area contributed by atoms with Gasteiger partial charge in [0, 0.05) is 22.5 Å². The molecule has 3 aromatic carbocycles. The maximum absolute atomic E-state index is 14.1. The van der Waals surface area contributed by atoms with E-state index in [1.54, 1.807) is 0 Å². The number of carbonyl (C=O) groups excluding carboxylic acids is 1. The minimum absolute atomic E-state index is 0.0677. The second-order valence-corrected chi connectivity index (χ2v) is 9.55. The Morgan fingerprint density at radius 3 is 2.32 bits per heavy atom. The molecule has 0 unspecified atom stereocenters. The number of anilines is 1. The van der Waals surface area contributed by atoms with Crippen LogP contribution in [-0.2, 0) is 0 Å². The molecule has 34 heavy (non-hydrogen) atoms. The molecule has 3 atom stereocenters. The summed E-state index contributed by atoms with van der Waals surface area (Å²) in [6, 6.07) is 27.2. The average molecular weight is 458 g/mol. The normalized spacial score (nSPS) is 21.9. The minimum atomic E-state index is -1.42. The van der Waals surface area contributed by atoms with Gasteiger partial charge in [0.1, 0.15) is 6.04 Å². The Labute approximate surface area is 201 Å². The molecule has 0 radical (unpaired) electrons. The van der Waals surface area contributed by atoms with Gasteiger partial charge in [0.25, 0.3) is 0 Å². The first-order valence-electron chi connectivity index (χ1n) is 11.1. The highest BCUT2D eigenvalue weighted by molar-refractivity contribution is 7.08. The monoisotopic (exact) mass is 457 g/mol. The fourth-order valence-electron chi connectivity index (χ4n) is 5.58. The topological polar surface area (TPSA) is 67.9 Å². The highest BCUT2D eigenvalue weighted by atomic mass is 32.1. The number of fused-ring (bicyclic) bond motifs is 4. The maximum Gasteiger partial charge on any atom is 0.186 e. The van der Waals surface area contributed by atoms with Crippen LogP contribution in [-0.4, -0.2) is 17.9 Å². The van der Waals surface area contributed by atoms with Crippen LogP contribution in [0.25, 0.3) is 16.8 Å². The molecule has 0 amide bonds. The van der Waals surface area contributed by atoms with Gasteiger partial charge in [-0.25, -0.2) is 0 Å². The van der Waals surface area contributed by atoms with Crippen molar-refractivity contribution in [3.05, 3.63) is 106 Å². The lowest BCUT2D eigenvalue weighted by atomic mass is 9.69. The Bertz CT molecular complexity index is 1510. The second-order valence-electron chi connectivity index (χ2n) is 8.77. The van der Waals surface area contributed by atoms with E-state index in [1.807, 2.05) is 82.4 Å². The van der Waals surface area contributed by atoms with E-state index >= 15 is 0 Å². The highest BCUT2D eigenvalue weighted by Gasteiger charge is 2.63. The van der Waals surface area contributed by atoms with Crippen LogP contribution in [0.2, 0.25) is 0 Å². The number of hydrogen-bond donors (Lipinski definition) is 0. The summed E-state index contributed by atoms with van der Waals surface area (Å²) in [5.41, 5.74) is 1.88. The molecule has 5 heteroatoms. The number of Topliss-reactive ketones (excluding diaryl/α,β-unsaturated/α-hetero) is 1. The number of carbonyl (C=O) groups is 1. The summed E-state index contributed by atoms with van der Waals surface area (Å²) in [5.74, 6) is -0.676. The molecule has 0 bridgehead atoms. The Hall–Kier alpha value is -4.19. The molecule has 6 rings (SSSR count). The maximum atomic E-state index is 14.1. The van der Waals surface area contributed by atoms with Crippen molar-refractivity contribution in [2.24, 2.45) is 5.41 Å². The molecule has 3 heterocycles. The molecular formula is C29H19N3OS. The third kappa shape index (κ3) is 2.78. The molecule has 4 aromatic rings. The van der Waals surface area contributed by atoms with Crippen molar-refractivity contribution in [2.45, 2.75) is 18.0 Å². The van der Waals surface area contributed by atoms with Gasteiger partial charge in [0.15, 0.2) is 11.2 Å². The first-order valence-corrected chi connectivity index (χ1v) is 12.1. The van der Waals surface area contributed by atoms with E-state index in [0.29, 0.717) is 5.56 Å². The van der Waals surface area contributed by atoms with Gasteiger partial charge in [-0.2, -0.15) is 21.9 Å². The number of thiophene rings is 1. The summed E-state index contributed by atoms with van der Waals surface area (Å²) in [5, 5.41) is 26.9. The quantitative estimate of drug-likeness (QED) is 0.344. The molecule has 0 spiro atoms. The summed E-state index contributed by atoms with van der Waals surface area (Å²) in [7, 11) is 0. The number of nitrogens with zero attached hydrogens (tertiary/aromatic N) is 3. The smallest absolute Gasteiger partial charge is 0.186 e. The van der Waals surface area contributed by atoms with Crippen molar-refractivity contribution in [3.63, 3.8) is 0 Å². The third-order valence-electron chi connectivity index (χ3n) is 7.11. The molecule has 1 fully saturated rings. The van der Waals surface area contributed by atoms with Gasteiger partial charge < -0.3 is 4.90 Å². The molecule has 4 nitrogen and oxygen atoms in total. The Morgan fingerprint density at radius 1 is 0.941 bits per heavy atom. The lowest BCUT2D eigenvalue weighted by Crippen LogP contribution is -2.44. The van der Waals surface area contributed by atoms with Gasteiger partial charge >= 0.3 is 0 Å². The Kier molecular flexibility index (Phi) is 4.62. The summed E-state index contributed by atoms with van der Waals surface area (Å²) >= 11 is 1.47. The Morgan fingerprint density at radius 2 is 1.65 bits per heavy atom. The summed E-state index contributed by atoms with van der Waals surface area (Å²) in [6.45, 7) is 0. The van der Waals surface area contributed by atoms with E-state index in [0.717, 1.165) is 27.6 Å². The lowest BCUT2D eigenvalue weighted by molar-refractivity contribution is 0.0951. The van der Waals surface area contributed by atoms with E-state index < -0.39 is 23.4 Å². The number of hydrogen-bond acceptors (Lipinski definition) is 5. The van der Waals surface area contributed by atoms with Crippen LogP contribution in [0.3, 0.4) is 0 Å². The van der Waals surface area contributed by atoms with Gasteiger partial charge in [-0.1, -0.05) is 66.7 Å². The van der Waals surface area contributed by atoms with Crippen LogP contribution in [0.15, 0.2) is 89.6 Å². The number of rotatable bonds is 3.